The molecule has 128 valence electrons. The molecule has 0 bridgehead atoms. The van der Waals surface area contributed by atoms with Gasteiger partial charge < -0.3 is 23.9 Å². The molecule has 1 saturated heterocycles. The van der Waals surface area contributed by atoms with Gasteiger partial charge in [-0.3, -0.25) is 9.78 Å². The molecule has 0 aliphatic carbocycles. The van der Waals surface area contributed by atoms with Gasteiger partial charge >= 0.3 is 0 Å². The Kier molecular flexibility index (Phi) is 5.45. The van der Waals surface area contributed by atoms with Crippen LogP contribution < -0.4 is 10.1 Å². The Balaban J connectivity index is 1.58. The topological polar surface area (TPSA) is 82.8 Å². The number of pyridine rings is 1. The molecule has 1 aliphatic heterocycles. The van der Waals surface area contributed by atoms with Gasteiger partial charge in [0.2, 0.25) is 0 Å². The molecule has 0 spiro atoms. The molecular formula is C17H20N2O5. The highest BCUT2D eigenvalue weighted by molar-refractivity contribution is 5.91. The Morgan fingerprint density at radius 1 is 1.38 bits per heavy atom. The summed E-state index contributed by atoms with van der Waals surface area (Å²) >= 11 is 0. The summed E-state index contributed by atoms with van der Waals surface area (Å²) < 4.78 is 21.6. The maximum Gasteiger partial charge on any atom is 0.287 e. The highest BCUT2D eigenvalue weighted by atomic mass is 16.6. The smallest absolute Gasteiger partial charge is 0.287 e. The fourth-order valence-corrected chi connectivity index (χ4v) is 2.51. The number of hydrogen-bond donors (Lipinski definition) is 1. The molecule has 7 heteroatoms. The quantitative estimate of drug-likeness (QED) is 0.868. The number of carbonyl (C=O) groups is 1. The fraction of sp³-hybridized carbons (Fsp3) is 0.412. The predicted molar refractivity (Wildman–Crippen MR) is 84.8 cm³/mol. The zero-order valence-corrected chi connectivity index (χ0v) is 13.4. The largest absolute Gasteiger partial charge is 0.468 e. The molecule has 0 radical (unpaired) electrons. The monoisotopic (exact) mass is 332 g/mol. The molecule has 1 amide bonds. The molecule has 7 nitrogen and oxygen atoms in total. The van der Waals surface area contributed by atoms with E-state index in [1.807, 2.05) is 18.2 Å². The molecule has 1 aliphatic rings. The SMILES string of the molecule is COc1ccc(C(=O)N[C@@H]2CCOC[C@H]2OCc2ccccn2)o1. The van der Waals surface area contributed by atoms with Gasteiger partial charge in [0.25, 0.3) is 11.9 Å². The molecule has 0 unspecified atom stereocenters. The molecule has 3 heterocycles. The number of methoxy groups -OCH3 is 1. The molecule has 24 heavy (non-hydrogen) atoms. The second kappa shape index (κ2) is 7.94. The summed E-state index contributed by atoms with van der Waals surface area (Å²) in [6.07, 6.45) is 2.16. The molecular weight excluding hydrogens is 312 g/mol. The van der Waals surface area contributed by atoms with Crippen LogP contribution in [0, 0.1) is 0 Å². The van der Waals surface area contributed by atoms with Crippen molar-refractivity contribution in [3.05, 3.63) is 48.0 Å². The molecule has 2 atom stereocenters. The van der Waals surface area contributed by atoms with Gasteiger partial charge in [0.15, 0.2) is 5.76 Å². The number of carbonyl (C=O) groups excluding carboxylic acids is 1. The first-order valence-electron chi connectivity index (χ1n) is 7.80. The van der Waals surface area contributed by atoms with Crippen molar-refractivity contribution in [1.29, 1.82) is 0 Å². The van der Waals surface area contributed by atoms with Crippen LogP contribution in [0.1, 0.15) is 22.7 Å². The van der Waals surface area contributed by atoms with E-state index >= 15 is 0 Å². The predicted octanol–water partition coefficient (Wildman–Crippen LogP) is 1.79. The molecule has 2 aromatic rings. The minimum Gasteiger partial charge on any atom is -0.468 e. The highest BCUT2D eigenvalue weighted by Crippen LogP contribution is 2.17. The molecule has 1 fully saturated rings. The van der Waals surface area contributed by atoms with E-state index in [1.54, 1.807) is 18.3 Å². The van der Waals surface area contributed by atoms with Gasteiger partial charge in [-0.1, -0.05) is 6.07 Å². The number of furan rings is 1. The van der Waals surface area contributed by atoms with E-state index in [0.29, 0.717) is 32.2 Å². The maximum absolute atomic E-state index is 12.3. The van der Waals surface area contributed by atoms with Gasteiger partial charge in [0.05, 0.1) is 32.1 Å². The number of amides is 1. The third-order valence-corrected chi connectivity index (χ3v) is 3.80. The van der Waals surface area contributed by atoms with Crippen LogP contribution in [0.5, 0.6) is 5.95 Å². The van der Waals surface area contributed by atoms with E-state index in [2.05, 4.69) is 10.3 Å². The standard InChI is InChI=1S/C17H20N2O5/c1-21-16-6-5-14(24-16)17(20)19-13-7-9-22-11-15(13)23-10-12-4-2-3-8-18-12/h2-6,8,13,15H,7,9-11H2,1H3,(H,19,20)/t13-,15-/m1/s1. The molecule has 3 rings (SSSR count). The Hall–Kier alpha value is -2.38. The first-order valence-corrected chi connectivity index (χ1v) is 7.80. The normalized spacial score (nSPS) is 20.5. The lowest BCUT2D eigenvalue weighted by atomic mass is 10.1. The summed E-state index contributed by atoms with van der Waals surface area (Å²) in [5.41, 5.74) is 0.837. The zero-order valence-electron chi connectivity index (χ0n) is 13.4. The van der Waals surface area contributed by atoms with Gasteiger partial charge in [-0.15, -0.1) is 0 Å². The number of nitrogens with zero attached hydrogens (tertiary/aromatic N) is 1. The number of nitrogens with one attached hydrogen (secondary N) is 1. The summed E-state index contributed by atoms with van der Waals surface area (Å²) in [4.78, 5) is 16.5. The van der Waals surface area contributed by atoms with Crippen molar-refractivity contribution in [3.8, 4) is 5.95 Å². The number of hydrogen-bond acceptors (Lipinski definition) is 6. The first-order chi connectivity index (χ1) is 11.8. The Morgan fingerprint density at radius 2 is 2.29 bits per heavy atom. The van der Waals surface area contributed by atoms with Crippen molar-refractivity contribution >= 4 is 5.91 Å². The van der Waals surface area contributed by atoms with E-state index < -0.39 is 0 Å². The van der Waals surface area contributed by atoms with Gasteiger partial charge in [-0.05, 0) is 24.6 Å². The van der Waals surface area contributed by atoms with E-state index in [0.717, 1.165) is 5.69 Å². The fourth-order valence-electron chi connectivity index (χ4n) is 2.51. The van der Waals surface area contributed by atoms with Crippen LogP contribution in [0.3, 0.4) is 0 Å². The number of aromatic nitrogens is 1. The van der Waals surface area contributed by atoms with E-state index in [4.69, 9.17) is 18.6 Å². The summed E-state index contributed by atoms with van der Waals surface area (Å²) in [6, 6.07) is 8.70. The van der Waals surface area contributed by atoms with Crippen molar-refractivity contribution in [1.82, 2.24) is 10.3 Å². The highest BCUT2D eigenvalue weighted by Gasteiger charge is 2.29. The van der Waals surface area contributed by atoms with Crippen molar-refractivity contribution in [3.63, 3.8) is 0 Å². The van der Waals surface area contributed by atoms with Crippen LogP contribution in [-0.4, -0.2) is 43.4 Å². The summed E-state index contributed by atoms with van der Waals surface area (Å²) in [5.74, 6) is 0.216. The molecule has 0 saturated carbocycles. The Bertz CT molecular complexity index is 658. The van der Waals surface area contributed by atoms with Gasteiger partial charge in [-0.2, -0.15) is 0 Å². The number of rotatable bonds is 6. The summed E-state index contributed by atoms with van der Waals surface area (Å²) in [6.45, 7) is 1.38. The van der Waals surface area contributed by atoms with Crippen molar-refractivity contribution in [2.45, 2.75) is 25.2 Å². The first kappa shape index (κ1) is 16.5. The second-order valence-corrected chi connectivity index (χ2v) is 5.44. The van der Waals surface area contributed by atoms with Gasteiger partial charge in [0.1, 0.15) is 6.10 Å². The van der Waals surface area contributed by atoms with Gasteiger partial charge in [0, 0.05) is 18.9 Å². The third-order valence-electron chi connectivity index (χ3n) is 3.80. The maximum atomic E-state index is 12.3. The van der Waals surface area contributed by atoms with E-state index in [1.165, 1.54) is 7.11 Å². The average molecular weight is 332 g/mol. The van der Waals surface area contributed by atoms with Crippen LogP contribution in [0.4, 0.5) is 0 Å². The van der Waals surface area contributed by atoms with Crippen molar-refractivity contribution in [2.75, 3.05) is 20.3 Å². The lowest BCUT2D eigenvalue weighted by Gasteiger charge is -2.31. The van der Waals surface area contributed by atoms with Crippen LogP contribution in [-0.2, 0) is 16.1 Å². The number of ether oxygens (including phenoxy) is 3. The zero-order chi connectivity index (χ0) is 16.8. The second-order valence-electron chi connectivity index (χ2n) is 5.44. The van der Waals surface area contributed by atoms with E-state index in [-0.39, 0.29) is 23.8 Å². The van der Waals surface area contributed by atoms with Gasteiger partial charge in [-0.25, -0.2) is 0 Å². The summed E-state index contributed by atoms with van der Waals surface area (Å²) in [5, 5.41) is 2.95. The molecule has 1 N–H and O–H groups in total. The van der Waals surface area contributed by atoms with Crippen molar-refractivity contribution < 1.29 is 23.4 Å². The minimum atomic E-state index is -0.295. The lowest BCUT2D eigenvalue weighted by Crippen LogP contribution is -2.49. The average Bonchev–Trinajstić information content (AvgIpc) is 3.11. The summed E-state index contributed by atoms with van der Waals surface area (Å²) in [7, 11) is 1.49. The van der Waals surface area contributed by atoms with Crippen LogP contribution in [0.25, 0.3) is 0 Å². The Morgan fingerprint density at radius 3 is 3.04 bits per heavy atom. The van der Waals surface area contributed by atoms with E-state index in [9.17, 15) is 4.79 Å². The molecule has 0 aromatic carbocycles. The molecule has 2 aromatic heterocycles. The minimum absolute atomic E-state index is 0.147. The lowest BCUT2D eigenvalue weighted by molar-refractivity contribution is -0.0744. The van der Waals surface area contributed by atoms with Crippen LogP contribution in [0.2, 0.25) is 0 Å². The third kappa shape index (κ3) is 4.12. The van der Waals surface area contributed by atoms with Crippen LogP contribution in [0.15, 0.2) is 40.9 Å². The Labute approximate surface area is 139 Å². The van der Waals surface area contributed by atoms with Crippen molar-refractivity contribution in [2.24, 2.45) is 0 Å². The van der Waals surface area contributed by atoms with Crippen LogP contribution >= 0.6 is 0 Å².